The van der Waals surface area contributed by atoms with Gasteiger partial charge in [0.05, 0.1) is 16.8 Å². The number of rotatable bonds is 11. The number of anilines is 2. The minimum absolute atomic E-state index is 0.0414. The van der Waals surface area contributed by atoms with Crippen LogP contribution in [0.4, 0.5) is 24.8 Å². The van der Waals surface area contributed by atoms with Gasteiger partial charge in [0.1, 0.15) is 21.9 Å². The van der Waals surface area contributed by atoms with Crippen LogP contribution in [0.5, 0.6) is 0 Å². The Morgan fingerprint density at radius 3 is 2.49 bits per heavy atom. The first-order chi connectivity index (χ1) is 19.9. The molecule has 1 aliphatic rings. The van der Waals surface area contributed by atoms with E-state index < -0.39 is 44.1 Å². The van der Waals surface area contributed by atoms with E-state index in [1.54, 1.807) is 36.0 Å². The Kier molecular flexibility index (Phi) is 11.5. The molecular formula is C28H41ClFN5O6S2. The number of likely N-dealkylation sites (tertiary alicyclic amines) is 1. The monoisotopic (exact) mass is 661 g/mol. The summed E-state index contributed by atoms with van der Waals surface area (Å²) in [5.74, 6) is -0.960. The zero-order chi connectivity index (χ0) is 32.0. The molecule has 0 radical (unpaired) electrons. The van der Waals surface area contributed by atoms with Crippen LogP contribution in [0.3, 0.4) is 0 Å². The molecule has 11 nitrogen and oxygen atoms in total. The lowest BCUT2D eigenvalue weighted by molar-refractivity contribution is 0.00864. The van der Waals surface area contributed by atoms with Gasteiger partial charge in [-0.25, -0.2) is 27.4 Å². The van der Waals surface area contributed by atoms with Crippen molar-refractivity contribution in [2.45, 2.75) is 89.4 Å². The molecule has 2 aromatic rings. The van der Waals surface area contributed by atoms with Crippen molar-refractivity contribution in [2.75, 3.05) is 36.2 Å². The van der Waals surface area contributed by atoms with Crippen molar-refractivity contribution in [1.29, 1.82) is 0 Å². The Bertz CT molecular complexity index is 1360. The van der Waals surface area contributed by atoms with Crippen LogP contribution in [0, 0.1) is 5.82 Å². The lowest BCUT2D eigenvalue weighted by Gasteiger charge is -2.33. The quantitative estimate of drug-likeness (QED) is 0.259. The summed E-state index contributed by atoms with van der Waals surface area (Å²) in [6, 6.07) is 1.90. The van der Waals surface area contributed by atoms with Crippen molar-refractivity contribution >= 4 is 56.0 Å². The Morgan fingerprint density at radius 1 is 1.16 bits per heavy atom. The van der Waals surface area contributed by atoms with Crippen LogP contribution in [0.1, 0.15) is 67.2 Å². The van der Waals surface area contributed by atoms with Crippen molar-refractivity contribution < 1.29 is 31.9 Å². The third-order valence-corrected chi connectivity index (χ3v) is 8.71. The predicted molar refractivity (Wildman–Crippen MR) is 166 cm³/mol. The van der Waals surface area contributed by atoms with E-state index in [4.69, 9.17) is 21.1 Å². The van der Waals surface area contributed by atoms with Gasteiger partial charge in [0.15, 0.2) is 5.13 Å². The van der Waals surface area contributed by atoms with Crippen molar-refractivity contribution in [3.8, 4) is 0 Å². The molecule has 0 spiro atoms. The average molecular weight is 662 g/mol. The number of ether oxygens (including phenoxy) is 2. The number of hydrogen-bond donors (Lipinski definition) is 2. The SMILES string of the molecule is CC(C)(C)OC(=O)N(CCCCNc1cc(F)c(S(=O)(=O)Nc2nccs2)cc1Cl)CC1CCCN1C(=O)OC(C)(C)C. The molecule has 1 fully saturated rings. The van der Waals surface area contributed by atoms with E-state index in [2.05, 4.69) is 15.0 Å². The Balaban J connectivity index is 1.59. The summed E-state index contributed by atoms with van der Waals surface area (Å²) in [6.07, 6.45) is 3.29. The van der Waals surface area contributed by atoms with Crippen molar-refractivity contribution in [1.82, 2.24) is 14.8 Å². The van der Waals surface area contributed by atoms with Gasteiger partial charge >= 0.3 is 12.2 Å². The van der Waals surface area contributed by atoms with E-state index in [0.29, 0.717) is 39.0 Å². The third kappa shape index (κ3) is 10.7. The van der Waals surface area contributed by atoms with Crippen LogP contribution in [-0.2, 0) is 19.5 Å². The molecule has 1 unspecified atom stereocenters. The number of nitrogens with one attached hydrogen (secondary N) is 2. The van der Waals surface area contributed by atoms with Crippen LogP contribution < -0.4 is 10.0 Å². The Hall–Kier alpha value is -2.84. The molecule has 2 amide bonds. The highest BCUT2D eigenvalue weighted by atomic mass is 35.5. The highest BCUT2D eigenvalue weighted by Crippen LogP contribution is 2.30. The molecule has 1 saturated heterocycles. The minimum atomic E-state index is -4.21. The molecule has 43 heavy (non-hydrogen) atoms. The van der Waals surface area contributed by atoms with Crippen LogP contribution in [0.2, 0.25) is 5.02 Å². The summed E-state index contributed by atoms with van der Waals surface area (Å²) in [6.45, 7) is 12.5. The molecule has 1 aromatic heterocycles. The van der Waals surface area contributed by atoms with Gasteiger partial charge in [-0.05, 0) is 79.4 Å². The molecule has 1 atom stereocenters. The fourth-order valence-electron chi connectivity index (χ4n) is 4.39. The number of amides is 2. The normalized spacial score (nSPS) is 15.7. The predicted octanol–water partition coefficient (Wildman–Crippen LogP) is 6.57. The summed E-state index contributed by atoms with van der Waals surface area (Å²) in [4.78, 5) is 32.4. The summed E-state index contributed by atoms with van der Waals surface area (Å²) < 4.78 is 53.4. The first-order valence-corrected chi connectivity index (χ1v) is 16.8. The molecular weight excluding hydrogens is 621 g/mol. The summed E-state index contributed by atoms with van der Waals surface area (Å²) in [5.41, 5.74) is -1.07. The zero-order valence-corrected chi connectivity index (χ0v) is 27.8. The average Bonchev–Trinajstić information content (AvgIpc) is 3.54. The number of sulfonamides is 1. The van der Waals surface area contributed by atoms with Crippen LogP contribution in [0.25, 0.3) is 0 Å². The second-order valence-corrected chi connectivity index (χ2v) is 15.2. The van der Waals surface area contributed by atoms with Crippen molar-refractivity contribution in [2.24, 2.45) is 0 Å². The van der Waals surface area contributed by atoms with Crippen LogP contribution >= 0.6 is 22.9 Å². The molecule has 240 valence electrons. The smallest absolute Gasteiger partial charge is 0.410 e. The first kappa shape index (κ1) is 34.6. The van der Waals surface area contributed by atoms with Crippen LogP contribution in [-0.4, -0.2) is 78.8 Å². The summed E-state index contributed by atoms with van der Waals surface area (Å²) in [5, 5.41) is 4.78. The molecule has 1 aliphatic heterocycles. The van der Waals surface area contributed by atoms with Crippen molar-refractivity contribution in [3.63, 3.8) is 0 Å². The van der Waals surface area contributed by atoms with E-state index in [-0.39, 0.29) is 21.9 Å². The largest absolute Gasteiger partial charge is 0.444 e. The van der Waals surface area contributed by atoms with Gasteiger partial charge < -0.3 is 24.6 Å². The molecule has 3 rings (SSSR count). The lowest BCUT2D eigenvalue weighted by atomic mass is 10.2. The third-order valence-electron chi connectivity index (χ3n) is 6.22. The van der Waals surface area contributed by atoms with E-state index in [1.165, 1.54) is 6.20 Å². The number of aromatic nitrogens is 1. The molecule has 0 aliphatic carbocycles. The van der Waals surface area contributed by atoms with Gasteiger partial charge in [-0.3, -0.25) is 4.72 Å². The zero-order valence-electron chi connectivity index (χ0n) is 25.4. The molecule has 2 N–H and O–H groups in total. The number of unbranched alkanes of at least 4 members (excludes halogenated alkanes) is 1. The summed E-state index contributed by atoms with van der Waals surface area (Å²) in [7, 11) is -4.21. The molecule has 0 bridgehead atoms. The van der Waals surface area contributed by atoms with E-state index in [0.717, 1.165) is 36.3 Å². The van der Waals surface area contributed by atoms with Gasteiger partial charge in [-0.2, -0.15) is 0 Å². The maximum Gasteiger partial charge on any atom is 0.410 e. The fourth-order valence-corrected chi connectivity index (χ4v) is 6.56. The van der Waals surface area contributed by atoms with Gasteiger partial charge in [0.25, 0.3) is 10.0 Å². The van der Waals surface area contributed by atoms with Gasteiger partial charge in [0, 0.05) is 37.8 Å². The number of hydrogen-bond acceptors (Lipinski definition) is 9. The number of carbonyl (C=O) groups excluding carboxylic acids is 2. The second kappa shape index (κ2) is 14.3. The molecule has 15 heteroatoms. The molecule has 1 aromatic carbocycles. The van der Waals surface area contributed by atoms with Gasteiger partial charge in [0.2, 0.25) is 0 Å². The standard InChI is InChI=1S/C28H41ClFN5O6S2/c1-27(2,3)40-25(36)34(18-19-10-9-14-35(19)26(37)41-28(4,5)6)13-8-7-11-31-22-17-21(30)23(16-20(22)29)43(38,39)33-24-32-12-15-42-24/h12,15-17,19,31H,7-11,13-14,18H2,1-6H3,(H,32,33). The molecule has 0 saturated carbocycles. The van der Waals surface area contributed by atoms with E-state index in [9.17, 15) is 22.4 Å². The van der Waals surface area contributed by atoms with Gasteiger partial charge in [-0.1, -0.05) is 11.6 Å². The van der Waals surface area contributed by atoms with Gasteiger partial charge in [-0.15, -0.1) is 11.3 Å². The summed E-state index contributed by atoms with van der Waals surface area (Å²) >= 11 is 7.35. The number of benzene rings is 1. The number of nitrogens with zero attached hydrogens (tertiary/aromatic N) is 3. The fraction of sp³-hybridized carbons (Fsp3) is 0.607. The van der Waals surface area contributed by atoms with E-state index >= 15 is 0 Å². The number of carbonyl (C=O) groups is 2. The van der Waals surface area contributed by atoms with Crippen LogP contribution in [0.15, 0.2) is 28.6 Å². The Labute approximate surface area is 262 Å². The minimum Gasteiger partial charge on any atom is -0.444 e. The second-order valence-electron chi connectivity index (χ2n) is 12.2. The highest BCUT2D eigenvalue weighted by molar-refractivity contribution is 7.93. The maximum atomic E-state index is 14.8. The first-order valence-electron chi connectivity index (χ1n) is 14.1. The van der Waals surface area contributed by atoms with Crippen molar-refractivity contribution in [3.05, 3.63) is 34.5 Å². The van der Waals surface area contributed by atoms with E-state index in [1.807, 2.05) is 20.8 Å². The highest BCUT2D eigenvalue weighted by Gasteiger charge is 2.35. The lowest BCUT2D eigenvalue weighted by Crippen LogP contribution is -2.48. The maximum absolute atomic E-state index is 14.8. The molecule has 2 heterocycles. The topological polar surface area (TPSA) is 130 Å². The number of halogens is 2. The number of thiazole rings is 1. The Morgan fingerprint density at radius 2 is 1.86 bits per heavy atom.